The van der Waals surface area contributed by atoms with Crippen LogP contribution in [0.2, 0.25) is 0 Å². The average molecular weight is 259 g/mol. The fraction of sp³-hybridized carbons (Fsp3) is 0.400. The fourth-order valence-electron chi connectivity index (χ4n) is 2.86. The first-order valence-corrected chi connectivity index (χ1v) is 6.60. The summed E-state index contributed by atoms with van der Waals surface area (Å²) in [7, 11) is 0. The van der Waals surface area contributed by atoms with Crippen molar-refractivity contribution in [2.45, 2.75) is 32.4 Å². The Morgan fingerprint density at radius 3 is 3.05 bits per heavy atom. The zero-order valence-electron chi connectivity index (χ0n) is 11.3. The van der Waals surface area contributed by atoms with E-state index in [1.807, 2.05) is 12.4 Å². The lowest BCUT2D eigenvalue weighted by Crippen LogP contribution is -2.44. The van der Waals surface area contributed by atoms with E-state index in [1.54, 1.807) is 12.1 Å². The molecular weight excluding hydrogens is 241 g/mol. The normalized spacial score (nSPS) is 17.2. The van der Waals surface area contributed by atoms with Crippen LogP contribution < -0.4 is 5.32 Å². The molecule has 1 aliphatic heterocycles. The Labute approximate surface area is 112 Å². The summed E-state index contributed by atoms with van der Waals surface area (Å²) in [4.78, 5) is 4.50. The van der Waals surface area contributed by atoms with Gasteiger partial charge in [0.25, 0.3) is 0 Å². The van der Waals surface area contributed by atoms with Crippen LogP contribution in [0.4, 0.5) is 4.39 Å². The highest BCUT2D eigenvalue weighted by atomic mass is 19.1. The molecule has 4 heteroatoms. The number of rotatable bonds is 2. The van der Waals surface area contributed by atoms with Gasteiger partial charge in [0.05, 0.1) is 23.3 Å². The van der Waals surface area contributed by atoms with Gasteiger partial charge in [0.15, 0.2) is 0 Å². The third kappa shape index (κ3) is 2.28. The van der Waals surface area contributed by atoms with Gasteiger partial charge in [0, 0.05) is 19.5 Å². The Balaban J connectivity index is 1.97. The SMILES string of the molecule is CC1(C)NCCc2ncn(Cc3cccc(F)c3)c21. The lowest BCUT2D eigenvalue weighted by atomic mass is 9.93. The Hall–Kier alpha value is -1.68. The summed E-state index contributed by atoms with van der Waals surface area (Å²) in [5.74, 6) is -0.191. The van der Waals surface area contributed by atoms with E-state index in [4.69, 9.17) is 0 Å². The Morgan fingerprint density at radius 2 is 2.26 bits per heavy atom. The second-order valence-corrected chi connectivity index (χ2v) is 5.60. The molecule has 1 aromatic carbocycles. The van der Waals surface area contributed by atoms with Crippen molar-refractivity contribution in [3.05, 3.63) is 53.4 Å². The van der Waals surface area contributed by atoms with Gasteiger partial charge in [-0.05, 0) is 31.5 Å². The molecule has 0 saturated carbocycles. The van der Waals surface area contributed by atoms with Crippen molar-refractivity contribution in [2.24, 2.45) is 0 Å². The Morgan fingerprint density at radius 1 is 1.42 bits per heavy atom. The Bertz CT molecular complexity index is 601. The van der Waals surface area contributed by atoms with Gasteiger partial charge in [-0.15, -0.1) is 0 Å². The van der Waals surface area contributed by atoms with Gasteiger partial charge in [-0.3, -0.25) is 0 Å². The van der Waals surface area contributed by atoms with E-state index in [9.17, 15) is 4.39 Å². The first-order chi connectivity index (χ1) is 9.06. The number of nitrogens with one attached hydrogen (secondary N) is 1. The van der Waals surface area contributed by atoms with Crippen LogP contribution in [0.5, 0.6) is 0 Å². The highest BCUT2D eigenvalue weighted by Gasteiger charge is 2.31. The molecule has 0 atom stereocenters. The standard InChI is InChI=1S/C15H18FN3/c1-15(2)14-13(6-7-18-15)17-10-19(14)9-11-4-3-5-12(16)8-11/h3-5,8,10,18H,6-7,9H2,1-2H3. The molecule has 2 aromatic rings. The molecule has 0 unspecified atom stereocenters. The second-order valence-electron chi connectivity index (χ2n) is 5.60. The zero-order chi connectivity index (χ0) is 13.5. The summed E-state index contributed by atoms with van der Waals surface area (Å²) in [6.45, 7) is 5.94. The van der Waals surface area contributed by atoms with E-state index < -0.39 is 0 Å². The fourth-order valence-corrected chi connectivity index (χ4v) is 2.86. The minimum Gasteiger partial charge on any atom is -0.328 e. The molecule has 0 radical (unpaired) electrons. The van der Waals surface area contributed by atoms with Gasteiger partial charge in [0.1, 0.15) is 5.82 Å². The van der Waals surface area contributed by atoms with Crippen molar-refractivity contribution in [1.82, 2.24) is 14.9 Å². The number of benzene rings is 1. The highest BCUT2D eigenvalue weighted by Crippen LogP contribution is 2.27. The molecule has 3 rings (SSSR count). The summed E-state index contributed by atoms with van der Waals surface area (Å²) in [6.07, 6.45) is 2.82. The van der Waals surface area contributed by atoms with Crippen LogP contribution in [0.3, 0.4) is 0 Å². The van der Waals surface area contributed by atoms with Crippen LogP contribution in [0.15, 0.2) is 30.6 Å². The molecule has 0 bridgehead atoms. The number of nitrogens with zero attached hydrogens (tertiary/aromatic N) is 2. The molecule has 3 nitrogen and oxygen atoms in total. The molecule has 0 fully saturated rings. The zero-order valence-corrected chi connectivity index (χ0v) is 11.3. The van der Waals surface area contributed by atoms with Crippen molar-refractivity contribution < 1.29 is 4.39 Å². The number of halogens is 1. The largest absolute Gasteiger partial charge is 0.328 e. The van der Waals surface area contributed by atoms with E-state index in [-0.39, 0.29) is 11.4 Å². The quantitative estimate of drug-likeness (QED) is 0.897. The molecule has 1 N–H and O–H groups in total. The van der Waals surface area contributed by atoms with Gasteiger partial charge >= 0.3 is 0 Å². The molecule has 1 aromatic heterocycles. The number of hydrogen-bond acceptors (Lipinski definition) is 2. The van der Waals surface area contributed by atoms with E-state index in [0.29, 0.717) is 6.54 Å². The van der Waals surface area contributed by atoms with Gasteiger partial charge in [-0.1, -0.05) is 12.1 Å². The van der Waals surface area contributed by atoms with Gasteiger partial charge in [0.2, 0.25) is 0 Å². The molecule has 0 spiro atoms. The van der Waals surface area contributed by atoms with E-state index in [0.717, 1.165) is 24.2 Å². The molecule has 0 saturated heterocycles. The third-order valence-electron chi connectivity index (χ3n) is 3.68. The molecular formula is C15H18FN3. The average Bonchev–Trinajstić information content (AvgIpc) is 2.73. The third-order valence-corrected chi connectivity index (χ3v) is 3.68. The number of imidazole rings is 1. The van der Waals surface area contributed by atoms with Crippen LogP contribution in [-0.4, -0.2) is 16.1 Å². The van der Waals surface area contributed by atoms with Crippen LogP contribution in [-0.2, 0) is 18.5 Å². The van der Waals surface area contributed by atoms with E-state index in [2.05, 4.69) is 28.7 Å². The van der Waals surface area contributed by atoms with Crippen molar-refractivity contribution in [3.8, 4) is 0 Å². The number of hydrogen-bond donors (Lipinski definition) is 1. The van der Waals surface area contributed by atoms with Gasteiger partial charge in [-0.2, -0.15) is 0 Å². The minimum atomic E-state index is -0.191. The summed E-state index contributed by atoms with van der Waals surface area (Å²) >= 11 is 0. The molecule has 100 valence electrons. The molecule has 19 heavy (non-hydrogen) atoms. The van der Waals surface area contributed by atoms with Crippen LogP contribution in [0.1, 0.15) is 30.8 Å². The minimum absolute atomic E-state index is 0.0859. The van der Waals surface area contributed by atoms with Gasteiger partial charge in [-0.25, -0.2) is 9.37 Å². The predicted octanol–water partition coefficient (Wildman–Crippen LogP) is 2.45. The van der Waals surface area contributed by atoms with Crippen molar-refractivity contribution in [3.63, 3.8) is 0 Å². The van der Waals surface area contributed by atoms with Crippen molar-refractivity contribution >= 4 is 0 Å². The van der Waals surface area contributed by atoms with Crippen LogP contribution in [0, 0.1) is 5.82 Å². The predicted molar refractivity (Wildman–Crippen MR) is 72.5 cm³/mol. The maximum absolute atomic E-state index is 13.2. The summed E-state index contributed by atoms with van der Waals surface area (Å²) in [5, 5.41) is 3.50. The van der Waals surface area contributed by atoms with Crippen molar-refractivity contribution in [1.29, 1.82) is 0 Å². The summed E-state index contributed by atoms with van der Waals surface area (Å²) < 4.78 is 15.4. The van der Waals surface area contributed by atoms with Crippen LogP contribution in [0.25, 0.3) is 0 Å². The summed E-state index contributed by atoms with van der Waals surface area (Å²) in [5.41, 5.74) is 3.24. The van der Waals surface area contributed by atoms with Crippen molar-refractivity contribution in [2.75, 3.05) is 6.54 Å². The molecule has 0 amide bonds. The van der Waals surface area contributed by atoms with Gasteiger partial charge < -0.3 is 9.88 Å². The maximum Gasteiger partial charge on any atom is 0.123 e. The first-order valence-electron chi connectivity index (χ1n) is 6.60. The molecule has 2 heterocycles. The Kier molecular flexibility index (Phi) is 2.90. The summed E-state index contributed by atoms with van der Waals surface area (Å²) in [6, 6.07) is 6.74. The lowest BCUT2D eigenvalue weighted by molar-refractivity contribution is 0.357. The van der Waals surface area contributed by atoms with E-state index >= 15 is 0 Å². The van der Waals surface area contributed by atoms with Crippen LogP contribution >= 0.6 is 0 Å². The second kappa shape index (κ2) is 4.46. The smallest absolute Gasteiger partial charge is 0.123 e. The molecule has 0 aliphatic carbocycles. The maximum atomic E-state index is 13.2. The number of fused-ring (bicyclic) bond motifs is 1. The number of aromatic nitrogens is 2. The monoisotopic (exact) mass is 259 g/mol. The first kappa shape index (κ1) is 12.4. The highest BCUT2D eigenvalue weighted by molar-refractivity contribution is 5.27. The molecule has 1 aliphatic rings. The van der Waals surface area contributed by atoms with E-state index in [1.165, 1.54) is 11.8 Å². The lowest BCUT2D eigenvalue weighted by Gasteiger charge is -2.32. The topological polar surface area (TPSA) is 29.9 Å².